The van der Waals surface area contributed by atoms with Gasteiger partial charge in [0.25, 0.3) is 0 Å². The fourth-order valence-corrected chi connectivity index (χ4v) is 2.98. The van der Waals surface area contributed by atoms with Gasteiger partial charge in [-0.3, -0.25) is 9.88 Å². The largest absolute Gasteiger partial charge is 0.487 e. The average molecular weight is 312 g/mol. The fourth-order valence-electron chi connectivity index (χ4n) is 2.98. The molecule has 4 heteroatoms. The van der Waals surface area contributed by atoms with Crippen LogP contribution in [0.4, 0.5) is 0 Å². The van der Waals surface area contributed by atoms with Crippen molar-refractivity contribution in [2.24, 2.45) is 5.92 Å². The van der Waals surface area contributed by atoms with Gasteiger partial charge in [0.15, 0.2) is 0 Å². The second-order valence-corrected chi connectivity index (χ2v) is 6.12. The van der Waals surface area contributed by atoms with Crippen molar-refractivity contribution in [2.75, 3.05) is 19.7 Å². The summed E-state index contributed by atoms with van der Waals surface area (Å²) in [4.78, 5) is 6.74. The minimum Gasteiger partial charge on any atom is -0.487 e. The van der Waals surface area contributed by atoms with Crippen LogP contribution in [0.3, 0.4) is 0 Å². The van der Waals surface area contributed by atoms with E-state index in [4.69, 9.17) is 4.74 Å². The smallest absolute Gasteiger partial charge is 0.130 e. The molecule has 1 aromatic carbocycles. The van der Waals surface area contributed by atoms with Crippen molar-refractivity contribution in [1.82, 2.24) is 9.88 Å². The number of ether oxygens (including phenoxy) is 1. The van der Waals surface area contributed by atoms with Crippen LogP contribution >= 0.6 is 0 Å². The third kappa shape index (κ3) is 4.53. The van der Waals surface area contributed by atoms with Crippen LogP contribution in [0, 0.1) is 5.92 Å². The van der Waals surface area contributed by atoms with Gasteiger partial charge in [0.2, 0.25) is 0 Å². The van der Waals surface area contributed by atoms with E-state index in [1.807, 2.05) is 30.3 Å². The zero-order valence-corrected chi connectivity index (χ0v) is 13.4. The highest BCUT2D eigenvalue weighted by atomic mass is 16.5. The lowest BCUT2D eigenvalue weighted by molar-refractivity contribution is 0.126. The summed E-state index contributed by atoms with van der Waals surface area (Å²) in [6, 6.07) is 14.1. The minimum absolute atomic E-state index is 0.317. The van der Waals surface area contributed by atoms with Gasteiger partial charge in [-0.25, -0.2) is 0 Å². The molecule has 1 aromatic heterocycles. The van der Waals surface area contributed by atoms with E-state index in [1.54, 1.807) is 6.20 Å². The first-order valence-corrected chi connectivity index (χ1v) is 8.29. The highest BCUT2D eigenvalue weighted by molar-refractivity contribution is 5.33. The fraction of sp³-hybridized carbons (Fsp3) is 0.421. The minimum atomic E-state index is 0.317. The van der Waals surface area contributed by atoms with Crippen LogP contribution in [0.25, 0.3) is 0 Å². The Morgan fingerprint density at radius 2 is 1.87 bits per heavy atom. The molecule has 0 bridgehead atoms. The molecule has 4 nitrogen and oxygen atoms in total. The number of piperidine rings is 1. The van der Waals surface area contributed by atoms with Crippen molar-refractivity contribution in [2.45, 2.75) is 26.0 Å². The van der Waals surface area contributed by atoms with Crippen LogP contribution < -0.4 is 4.74 Å². The Morgan fingerprint density at radius 1 is 1.09 bits per heavy atom. The zero-order valence-electron chi connectivity index (χ0n) is 13.4. The molecule has 1 saturated heterocycles. The lowest BCUT2D eigenvalue weighted by atomic mass is 9.97. The number of aromatic nitrogens is 1. The van der Waals surface area contributed by atoms with Crippen LogP contribution in [0.1, 0.15) is 24.1 Å². The predicted molar refractivity (Wildman–Crippen MR) is 90.1 cm³/mol. The second kappa shape index (κ2) is 8.09. The number of hydrogen-bond acceptors (Lipinski definition) is 4. The molecule has 2 aromatic rings. The lowest BCUT2D eigenvalue weighted by Crippen LogP contribution is -2.34. The Bertz CT molecular complexity index is 595. The summed E-state index contributed by atoms with van der Waals surface area (Å²) in [6.45, 7) is 3.79. The van der Waals surface area contributed by atoms with E-state index in [0.717, 1.165) is 43.9 Å². The van der Waals surface area contributed by atoms with Gasteiger partial charge < -0.3 is 9.84 Å². The van der Waals surface area contributed by atoms with Crippen LogP contribution in [-0.4, -0.2) is 34.7 Å². The summed E-state index contributed by atoms with van der Waals surface area (Å²) in [7, 11) is 0. The van der Waals surface area contributed by atoms with Gasteiger partial charge in [-0.1, -0.05) is 24.3 Å². The van der Waals surface area contributed by atoms with Crippen molar-refractivity contribution in [1.29, 1.82) is 0 Å². The molecule has 0 spiro atoms. The third-order valence-corrected chi connectivity index (χ3v) is 4.43. The Morgan fingerprint density at radius 3 is 2.61 bits per heavy atom. The normalized spacial score (nSPS) is 16.4. The quantitative estimate of drug-likeness (QED) is 0.891. The van der Waals surface area contributed by atoms with Gasteiger partial charge in [-0.2, -0.15) is 0 Å². The third-order valence-electron chi connectivity index (χ3n) is 4.43. The molecule has 0 unspecified atom stereocenters. The summed E-state index contributed by atoms with van der Waals surface area (Å²) >= 11 is 0. The van der Waals surface area contributed by atoms with Crippen LogP contribution in [-0.2, 0) is 13.2 Å². The summed E-state index contributed by atoms with van der Waals surface area (Å²) in [5.41, 5.74) is 2.15. The first kappa shape index (κ1) is 16.0. The molecule has 0 saturated carbocycles. The summed E-state index contributed by atoms with van der Waals surface area (Å²) < 4.78 is 5.98. The molecule has 122 valence electrons. The molecule has 1 fully saturated rings. The van der Waals surface area contributed by atoms with E-state index in [9.17, 15) is 5.11 Å². The lowest BCUT2D eigenvalue weighted by Gasteiger charge is -2.31. The summed E-state index contributed by atoms with van der Waals surface area (Å²) in [5.74, 6) is 1.41. The maximum atomic E-state index is 9.24. The molecular weight excluding hydrogens is 288 g/mol. The number of benzene rings is 1. The predicted octanol–water partition coefficient (Wildman–Crippen LogP) is 2.86. The molecule has 2 heterocycles. The molecule has 3 rings (SSSR count). The number of pyridine rings is 1. The maximum Gasteiger partial charge on any atom is 0.130 e. The average Bonchev–Trinajstić information content (AvgIpc) is 2.62. The van der Waals surface area contributed by atoms with Crippen LogP contribution in [0.15, 0.2) is 48.7 Å². The van der Waals surface area contributed by atoms with Gasteiger partial charge in [0.05, 0.1) is 5.69 Å². The van der Waals surface area contributed by atoms with Crippen molar-refractivity contribution >= 4 is 0 Å². The van der Waals surface area contributed by atoms with E-state index in [0.29, 0.717) is 19.1 Å². The maximum absolute atomic E-state index is 9.24. The van der Waals surface area contributed by atoms with E-state index in [1.165, 1.54) is 5.56 Å². The van der Waals surface area contributed by atoms with Crippen molar-refractivity contribution in [3.63, 3.8) is 0 Å². The molecular formula is C19H24N2O2. The SMILES string of the molecule is OCC1CCN(Cc2ccccc2OCc2ccccn2)CC1. The van der Waals surface area contributed by atoms with Gasteiger partial charge in [-0.05, 0) is 50.0 Å². The molecule has 0 radical (unpaired) electrons. The van der Waals surface area contributed by atoms with Crippen LogP contribution in [0.5, 0.6) is 5.75 Å². The van der Waals surface area contributed by atoms with Gasteiger partial charge in [0, 0.05) is 24.9 Å². The number of aliphatic hydroxyl groups is 1. The van der Waals surface area contributed by atoms with Gasteiger partial charge in [-0.15, -0.1) is 0 Å². The number of aliphatic hydroxyl groups excluding tert-OH is 1. The number of rotatable bonds is 6. The zero-order chi connectivity index (χ0) is 15.9. The summed E-state index contributed by atoms with van der Waals surface area (Å²) in [6.07, 6.45) is 3.94. The van der Waals surface area contributed by atoms with Crippen LogP contribution in [0.2, 0.25) is 0 Å². The Balaban J connectivity index is 1.59. The van der Waals surface area contributed by atoms with Crippen molar-refractivity contribution in [3.8, 4) is 5.75 Å². The molecule has 23 heavy (non-hydrogen) atoms. The number of nitrogens with zero attached hydrogens (tertiary/aromatic N) is 2. The van der Waals surface area contributed by atoms with Gasteiger partial charge >= 0.3 is 0 Å². The van der Waals surface area contributed by atoms with E-state index in [-0.39, 0.29) is 0 Å². The van der Waals surface area contributed by atoms with E-state index in [2.05, 4.69) is 22.0 Å². The monoisotopic (exact) mass is 312 g/mol. The first-order chi connectivity index (χ1) is 11.3. The molecule has 0 amide bonds. The molecule has 0 aliphatic carbocycles. The number of hydrogen-bond donors (Lipinski definition) is 1. The number of para-hydroxylation sites is 1. The van der Waals surface area contributed by atoms with E-state index >= 15 is 0 Å². The topological polar surface area (TPSA) is 45.6 Å². The molecule has 1 aliphatic rings. The standard InChI is InChI=1S/C19H24N2O2/c22-14-16-8-11-21(12-9-16)13-17-5-1-2-7-19(17)23-15-18-6-3-4-10-20-18/h1-7,10,16,22H,8-9,11-15H2. The molecule has 0 atom stereocenters. The number of likely N-dealkylation sites (tertiary alicyclic amines) is 1. The Kier molecular flexibility index (Phi) is 5.61. The van der Waals surface area contributed by atoms with Crippen molar-refractivity contribution < 1.29 is 9.84 Å². The molecule has 1 N–H and O–H groups in total. The van der Waals surface area contributed by atoms with E-state index < -0.39 is 0 Å². The Hall–Kier alpha value is -1.91. The van der Waals surface area contributed by atoms with Gasteiger partial charge in [0.1, 0.15) is 12.4 Å². The highest BCUT2D eigenvalue weighted by Crippen LogP contribution is 2.24. The Labute approximate surface area is 137 Å². The highest BCUT2D eigenvalue weighted by Gasteiger charge is 2.19. The van der Waals surface area contributed by atoms with Crippen molar-refractivity contribution in [3.05, 3.63) is 59.9 Å². The first-order valence-electron chi connectivity index (χ1n) is 8.29. The summed E-state index contributed by atoms with van der Waals surface area (Å²) in [5, 5.41) is 9.24. The molecule has 1 aliphatic heterocycles. The second-order valence-electron chi connectivity index (χ2n) is 6.12.